The van der Waals surface area contributed by atoms with Gasteiger partial charge in [0.2, 0.25) is 17.9 Å². The van der Waals surface area contributed by atoms with E-state index in [2.05, 4.69) is 26.2 Å². The molecular weight excluding hydrogens is 1320 g/mol. The van der Waals surface area contributed by atoms with Gasteiger partial charge in [0, 0.05) is 107 Å². The number of esters is 3. The van der Waals surface area contributed by atoms with E-state index in [4.69, 9.17) is 56.6 Å². The second kappa shape index (κ2) is 27.1. The van der Waals surface area contributed by atoms with Gasteiger partial charge in [-0.15, -0.1) is 0 Å². The Morgan fingerprint density at radius 3 is 2.18 bits per heavy atom. The number of piperazine rings is 1. The molecule has 1 aromatic heterocycles. The average Bonchev–Trinajstić information content (AvgIpc) is 1.43. The molecule has 528 valence electrons. The molecule has 1 spiro atoms. The van der Waals surface area contributed by atoms with Gasteiger partial charge < -0.3 is 58.7 Å². The number of benzene rings is 5. The fourth-order valence-corrected chi connectivity index (χ4v) is 18.6. The molecule has 4 fully saturated rings. The summed E-state index contributed by atoms with van der Waals surface area (Å²) in [4.78, 5) is 101. The molecule has 22 nitrogen and oxygen atoms in total. The number of aliphatic imine (C=N–C) groups is 1. The molecule has 4 N–H and O–H groups in total. The number of amides is 4. The van der Waals surface area contributed by atoms with E-state index >= 15 is 4.79 Å². The maximum Gasteiger partial charge on any atom is 0.344 e. The number of anilines is 1. The molecule has 8 heterocycles. The van der Waals surface area contributed by atoms with Gasteiger partial charge in [-0.1, -0.05) is 91.7 Å². The third-order valence-electron chi connectivity index (χ3n) is 22.3. The normalized spacial score (nSPS) is 29.5. The van der Waals surface area contributed by atoms with Gasteiger partial charge >= 0.3 is 23.9 Å². The standard InChI is InChI=1S/C46H56N4O10.C30H30Cl2N4O4/c1-7-42(55)22-28-23-45(40(53)58-5,36-30(14-18-48(24-28)25-42)29-12-9-10-13-33(29)47-36)32-20-31-34(21-35(32)57-4)50(26-51)38-44(31)16-19-49-17-11-15-43(8-2,37(44)49)39(60-27(3)52)46(38,56)41(54)59-6;1-18(2)40-25-16-23(39-3)12-13-24(25)29-34-27(19-4-8-21(31)9-5-19)28(20-6-10-22(32)11-7-20)36(29)30(38)35-15-14-33-26(37)17-35/h9-13,15,20-21,26,28,37-39,47,55-56H,7-8,14,16-19,22-25H2,1-6H3;4-13,16,18,27-28H,14-15,17H2,1-3H3,(H,33,37)/t28-,37-,38+,39+,42-,43+,44+,45-,46-;27-,28+/m01/s1. The van der Waals surface area contributed by atoms with Gasteiger partial charge in [0.05, 0.1) is 63.5 Å². The molecule has 7 aliphatic heterocycles. The van der Waals surface area contributed by atoms with Crippen LogP contribution in [0.2, 0.25) is 10.0 Å². The van der Waals surface area contributed by atoms with E-state index in [1.165, 1.54) is 33.2 Å². The number of nitrogens with one attached hydrogen (secondary N) is 2. The number of aromatic nitrogens is 1. The second-order valence-corrected chi connectivity index (χ2v) is 28.9. The molecule has 6 aromatic rings. The summed E-state index contributed by atoms with van der Waals surface area (Å²) in [6, 6.07) is 29.0. The van der Waals surface area contributed by atoms with Gasteiger partial charge in [-0.05, 0) is 136 Å². The number of ether oxygens (including phenoxy) is 6. The van der Waals surface area contributed by atoms with Crippen LogP contribution >= 0.6 is 23.2 Å². The summed E-state index contributed by atoms with van der Waals surface area (Å²) < 4.78 is 35.3. The number of para-hydroxylation sites is 1. The second-order valence-electron chi connectivity index (χ2n) is 28.0. The summed E-state index contributed by atoms with van der Waals surface area (Å²) in [6.07, 6.45) is 5.70. The topological polar surface area (TPSA) is 255 Å². The summed E-state index contributed by atoms with van der Waals surface area (Å²) in [7, 11) is 5.68. The fourth-order valence-electron chi connectivity index (χ4n) is 18.3. The number of fused-ring (bicyclic) bond motifs is 6. The van der Waals surface area contributed by atoms with E-state index in [-0.39, 0.29) is 36.9 Å². The minimum Gasteiger partial charge on any atom is -0.497 e. The van der Waals surface area contributed by atoms with Gasteiger partial charge in [0.15, 0.2) is 6.10 Å². The number of aromatic amines is 1. The van der Waals surface area contributed by atoms with Crippen LogP contribution in [0.25, 0.3) is 10.9 Å². The molecule has 8 aliphatic rings. The monoisotopic (exact) mass is 1400 g/mol. The van der Waals surface area contributed by atoms with E-state index in [0.29, 0.717) is 146 Å². The van der Waals surface area contributed by atoms with E-state index in [1.54, 1.807) is 41.2 Å². The number of carbonyl (C=O) groups is 6. The zero-order chi connectivity index (χ0) is 71.0. The number of piperidine rings is 1. The van der Waals surface area contributed by atoms with Crippen LogP contribution in [0.4, 0.5) is 10.5 Å². The van der Waals surface area contributed by atoms with Crippen molar-refractivity contribution in [3.8, 4) is 17.2 Å². The molecule has 3 saturated heterocycles. The van der Waals surface area contributed by atoms with Gasteiger partial charge in [0.1, 0.15) is 41.1 Å². The number of rotatable bonds is 14. The quantitative estimate of drug-likeness (QED) is 0.0343. The lowest BCUT2D eigenvalue weighted by atomic mass is 9.47. The minimum atomic E-state index is -2.53. The Morgan fingerprint density at radius 2 is 1.53 bits per heavy atom. The first kappa shape index (κ1) is 69.9. The summed E-state index contributed by atoms with van der Waals surface area (Å²) in [6.45, 7) is 12.7. The minimum absolute atomic E-state index is 0.0421. The van der Waals surface area contributed by atoms with E-state index in [0.717, 1.165) is 27.6 Å². The van der Waals surface area contributed by atoms with Crippen LogP contribution in [-0.2, 0) is 55.4 Å². The van der Waals surface area contributed by atoms with Crippen molar-refractivity contribution in [2.24, 2.45) is 16.3 Å². The fraction of sp³-hybridized carbons (Fsp3) is 0.461. The number of H-pyrrole nitrogens is 1. The van der Waals surface area contributed by atoms with Crippen LogP contribution in [0.3, 0.4) is 0 Å². The highest BCUT2D eigenvalue weighted by Crippen LogP contribution is 2.68. The Labute approximate surface area is 591 Å². The van der Waals surface area contributed by atoms with Crippen molar-refractivity contribution in [2.75, 3.05) is 85.7 Å². The lowest BCUT2D eigenvalue weighted by Crippen LogP contribution is -2.81. The van der Waals surface area contributed by atoms with Crippen molar-refractivity contribution < 1.29 is 67.4 Å². The molecule has 4 amide bonds. The summed E-state index contributed by atoms with van der Waals surface area (Å²) >= 11 is 12.5. The van der Waals surface area contributed by atoms with Crippen LogP contribution in [0.15, 0.2) is 120 Å². The van der Waals surface area contributed by atoms with Gasteiger partial charge in [0.25, 0.3) is 0 Å². The largest absolute Gasteiger partial charge is 0.497 e. The van der Waals surface area contributed by atoms with Crippen LogP contribution in [0, 0.1) is 11.3 Å². The molecule has 1 unspecified atom stereocenters. The first-order chi connectivity index (χ1) is 48.0. The van der Waals surface area contributed by atoms with Crippen molar-refractivity contribution in [3.63, 3.8) is 0 Å². The Kier molecular flexibility index (Phi) is 19.0. The number of halogens is 2. The third-order valence-corrected chi connectivity index (χ3v) is 22.8. The molecule has 5 aromatic carbocycles. The summed E-state index contributed by atoms with van der Waals surface area (Å²) in [5.41, 5.74) is -0.784. The maximum atomic E-state index is 15.3. The summed E-state index contributed by atoms with van der Waals surface area (Å²) in [5, 5.41) is 30.2. The Hall–Kier alpha value is -8.51. The van der Waals surface area contributed by atoms with Gasteiger partial charge in [-0.2, -0.15) is 0 Å². The SMILES string of the molecule is CC[C@]1(O)C[C@@H]2CN(CCc3c([nH]c4ccccc34)[C@@](C(=O)OC)(c3cc4c(cc3OC)N(C=O)[C@H]3[C@@](O)(C(=O)OC)[C@H](OC(C)=O)[C@]5(CC)C=CCN6CC[C@]43[C@@H]65)C2)C1.COc1ccc(C2=N[C@H](c3ccc(Cl)cc3)[C@H](c3ccc(Cl)cc3)N2C(=O)N2CCNC(=O)C2)c(OC(C)C)c1. The van der Waals surface area contributed by atoms with Crippen molar-refractivity contribution in [2.45, 2.75) is 132 Å². The predicted molar refractivity (Wildman–Crippen MR) is 376 cm³/mol. The zero-order valence-electron chi connectivity index (χ0n) is 57.7. The maximum absolute atomic E-state index is 15.3. The van der Waals surface area contributed by atoms with Crippen molar-refractivity contribution in [1.29, 1.82) is 0 Å². The van der Waals surface area contributed by atoms with Crippen LogP contribution < -0.4 is 24.4 Å². The Balaban J connectivity index is 0.000000195. The van der Waals surface area contributed by atoms with E-state index in [1.807, 2.05) is 113 Å². The van der Waals surface area contributed by atoms with Crippen molar-refractivity contribution in [1.82, 2.24) is 29.9 Å². The molecule has 1 aliphatic carbocycles. The number of nitrogens with zero attached hydrogens (tertiary/aromatic N) is 6. The Bertz CT molecular complexity index is 4260. The third kappa shape index (κ3) is 11.3. The lowest BCUT2D eigenvalue weighted by molar-refractivity contribution is -0.228. The number of aliphatic hydroxyl groups is 2. The van der Waals surface area contributed by atoms with Crippen LogP contribution in [-0.4, -0.2) is 193 Å². The molecule has 2 bridgehead atoms. The molecular formula is C76H86Cl2N8O14. The molecule has 0 radical (unpaired) electrons. The highest BCUT2D eigenvalue weighted by Gasteiger charge is 2.81. The van der Waals surface area contributed by atoms with Crippen molar-refractivity contribution >= 4 is 81.9 Å². The van der Waals surface area contributed by atoms with Gasteiger partial charge in [-0.25, -0.2) is 9.59 Å². The number of amidine groups is 1. The highest BCUT2D eigenvalue weighted by molar-refractivity contribution is 6.31. The van der Waals surface area contributed by atoms with Crippen molar-refractivity contribution in [3.05, 3.63) is 164 Å². The number of methoxy groups -OCH3 is 4. The number of urea groups is 1. The number of hydrogen-bond donors (Lipinski definition) is 4. The highest BCUT2D eigenvalue weighted by atomic mass is 35.5. The molecule has 1 saturated carbocycles. The van der Waals surface area contributed by atoms with E-state index < -0.39 is 75.6 Å². The molecule has 14 rings (SSSR count). The van der Waals surface area contributed by atoms with Crippen LogP contribution in [0.1, 0.15) is 118 Å². The zero-order valence-corrected chi connectivity index (χ0v) is 59.2. The first-order valence-corrected chi connectivity index (χ1v) is 35.1. The molecule has 24 heteroatoms. The number of carbonyl (C=O) groups excluding carboxylic acids is 6. The Morgan fingerprint density at radius 1 is 0.810 bits per heavy atom. The van der Waals surface area contributed by atoms with Gasteiger partial charge in [-0.3, -0.25) is 38.9 Å². The summed E-state index contributed by atoms with van der Waals surface area (Å²) in [5.74, 6) is -0.678. The average molecular weight is 1410 g/mol. The predicted octanol–water partition coefficient (Wildman–Crippen LogP) is 9.40. The molecule has 12 atom stereocenters. The van der Waals surface area contributed by atoms with Crippen LogP contribution in [0.5, 0.6) is 17.2 Å². The first-order valence-electron chi connectivity index (χ1n) is 34.3. The number of hydrogen-bond acceptors (Lipinski definition) is 17. The molecule has 100 heavy (non-hydrogen) atoms. The lowest BCUT2D eigenvalue weighted by Gasteiger charge is -2.63. The smallest absolute Gasteiger partial charge is 0.344 e. The van der Waals surface area contributed by atoms with E-state index in [9.17, 15) is 34.2 Å².